The van der Waals surface area contributed by atoms with E-state index in [9.17, 15) is 13.2 Å². The van der Waals surface area contributed by atoms with Crippen molar-refractivity contribution in [2.24, 2.45) is 0 Å². The van der Waals surface area contributed by atoms with E-state index < -0.39 is 10.0 Å². The van der Waals surface area contributed by atoms with Crippen LogP contribution < -0.4 is 10.1 Å². The van der Waals surface area contributed by atoms with Gasteiger partial charge in [-0.25, -0.2) is 8.42 Å². The summed E-state index contributed by atoms with van der Waals surface area (Å²) in [6.45, 7) is 2.25. The quantitative estimate of drug-likeness (QED) is 0.322. The van der Waals surface area contributed by atoms with Gasteiger partial charge in [0.05, 0.1) is 17.7 Å². The molecule has 4 aromatic rings. The molecule has 0 bridgehead atoms. The summed E-state index contributed by atoms with van der Waals surface area (Å²) in [5, 5.41) is 2.82. The molecule has 36 heavy (non-hydrogen) atoms. The summed E-state index contributed by atoms with van der Waals surface area (Å²) in [5.41, 5.74) is 3.35. The summed E-state index contributed by atoms with van der Waals surface area (Å²) < 4.78 is 34.6. The van der Waals surface area contributed by atoms with Gasteiger partial charge in [-0.15, -0.1) is 0 Å². The number of carbonyl (C=O) groups is 1. The zero-order valence-electron chi connectivity index (χ0n) is 20.2. The van der Waals surface area contributed by atoms with Gasteiger partial charge in [0.25, 0.3) is 5.91 Å². The summed E-state index contributed by atoms with van der Waals surface area (Å²) in [6, 6.07) is 30.6. The van der Waals surface area contributed by atoms with Crippen molar-refractivity contribution in [2.45, 2.75) is 24.9 Å². The van der Waals surface area contributed by atoms with Gasteiger partial charge in [-0.3, -0.25) is 4.79 Å². The third-order valence-corrected chi connectivity index (χ3v) is 7.64. The minimum absolute atomic E-state index is 0.0650. The molecule has 1 N–H and O–H groups in total. The Balaban J connectivity index is 1.70. The number of hydrogen-bond donors (Lipinski definition) is 1. The van der Waals surface area contributed by atoms with Crippen molar-refractivity contribution in [1.82, 2.24) is 4.31 Å². The average molecular weight is 501 g/mol. The third kappa shape index (κ3) is 5.82. The number of nitrogens with one attached hydrogen (secondary N) is 1. The van der Waals surface area contributed by atoms with E-state index in [1.165, 1.54) is 23.5 Å². The molecule has 0 unspecified atom stereocenters. The van der Waals surface area contributed by atoms with Crippen molar-refractivity contribution in [2.75, 3.05) is 12.4 Å². The van der Waals surface area contributed by atoms with Crippen molar-refractivity contribution >= 4 is 21.6 Å². The van der Waals surface area contributed by atoms with Crippen LogP contribution in [0.4, 0.5) is 5.69 Å². The Kier molecular flexibility index (Phi) is 7.83. The average Bonchev–Trinajstić information content (AvgIpc) is 2.89. The van der Waals surface area contributed by atoms with E-state index in [-0.39, 0.29) is 29.6 Å². The minimum Gasteiger partial charge on any atom is -0.495 e. The Morgan fingerprint density at radius 2 is 1.36 bits per heavy atom. The Labute approximate surface area is 212 Å². The largest absolute Gasteiger partial charge is 0.495 e. The van der Waals surface area contributed by atoms with E-state index in [1.54, 1.807) is 18.2 Å². The number of rotatable bonds is 9. The SMILES string of the molecule is COc1ccc(S(=O)(=O)N(Cc2ccccc2)Cc2ccccc2)cc1NC(=O)c1ccccc1C. The molecule has 7 heteroatoms. The van der Waals surface area contributed by atoms with E-state index in [2.05, 4.69) is 5.32 Å². The Morgan fingerprint density at radius 1 is 0.806 bits per heavy atom. The Morgan fingerprint density at radius 3 is 1.92 bits per heavy atom. The second kappa shape index (κ2) is 11.2. The van der Waals surface area contributed by atoms with Crippen molar-refractivity contribution in [3.8, 4) is 5.75 Å². The zero-order chi connectivity index (χ0) is 25.5. The van der Waals surface area contributed by atoms with Crippen LogP contribution in [-0.2, 0) is 23.1 Å². The standard InChI is InChI=1S/C29H28N2O4S/c1-22-11-9-10-16-26(22)29(32)30-27-19-25(17-18-28(27)35-2)36(33,34)31(20-23-12-5-3-6-13-23)21-24-14-7-4-8-15-24/h3-19H,20-21H2,1-2H3,(H,30,32). The first-order valence-electron chi connectivity index (χ1n) is 11.5. The maximum Gasteiger partial charge on any atom is 0.256 e. The highest BCUT2D eigenvalue weighted by molar-refractivity contribution is 7.89. The molecule has 4 aromatic carbocycles. The van der Waals surface area contributed by atoms with Crippen LogP contribution in [-0.4, -0.2) is 25.7 Å². The van der Waals surface area contributed by atoms with Gasteiger partial charge in [-0.1, -0.05) is 78.9 Å². The van der Waals surface area contributed by atoms with E-state index in [1.807, 2.05) is 79.7 Å². The molecule has 0 aromatic heterocycles. The summed E-state index contributed by atoms with van der Waals surface area (Å²) in [5.74, 6) is 0.0277. The van der Waals surface area contributed by atoms with Gasteiger partial charge >= 0.3 is 0 Å². The molecule has 0 saturated carbocycles. The molecule has 0 radical (unpaired) electrons. The molecule has 0 fully saturated rings. The molecule has 1 amide bonds. The monoisotopic (exact) mass is 500 g/mol. The fraction of sp³-hybridized carbons (Fsp3) is 0.138. The van der Waals surface area contributed by atoms with E-state index in [0.717, 1.165) is 16.7 Å². The highest BCUT2D eigenvalue weighted by atomic mass is 32.2. The maximum atomic E-state index is 13.9. The van der Waals surface area contributed by atoms with Crippen LogP contribution in [0.1, 0.15) is 27.0 Å². The normalized spacial score (nSPS) is 11.3. The number of nitrogens with zero attached hydrogens (tertiary/aromatic N) is 1. The highest BCUT2D eigenvalue weighted by Gasteiger charge is 2.26. The smallest absolute Gasteiger partial charge is 0.256 e. The van der Waals surface area contributed by atoms with Gasteiger partial charge < -0.3 is 10.1 Å². The molecule has 184 valence electrons. The predicted octanol–water partition coefficient (Wildman–Crippen LogP) is 5.65. The number of aryl methyl sites for hydroxylation is 1. The van der Waals surface area contributed by atoms with Gasteiger partial charge in [0.1, 0.15) is 5.75 Å². The first-order chi connectivity index (χ1) is 17.4. The van der Waals surface area contributed by atoms with Gasteiger partial charge in [0.15, 0.2) is 0 Å². The fourth-order valence-electron chi connectivity index (χ4n) is 3.91. The number of amides is 1. The van der Waals surface area contributed by atoms with E-state index in [0.29, 0.717) is 11.3 Å². The van der Waals surface area contributed by atoms with Crippen molar-refractivity contribution < 1.29 is 17.9 Å². The topological polar surface area (TPSA) is 75.7 Å². The highest BCUT2D eigenvalue weighted by Crippen LogP contribution is 2.31. The predicted molar refractivity (Wildman–Crippen MR) is 141 cm³/mol. The number of benzene rings is 4. The van der Waals surface area contributed by atoms with Crippen LogP contribution in [0.25, 0.3) is 0 Å². The Bertz CT molecular complexity index is 1400. The molecule has 0 aliphatic rings. The van der Waals surface area contributed by atoms with E-state index >= 15 is 0 Å². The van der Waals surface area contributed by atoms with E-state index in [4.69, 9.17) is 4.74 Å². The summed E-state index contributed by atoms with van der Waals surface area (Å²) in [7, 11) is -2.45. The summed E-state index contributed by atoms with van der Waals surface area (Å²) >= 11 is 0. The number of carbonyl (C=O) groups excluding carboxylic acids is 1. The zero-order valence-corrected chi connectivity index (χ0v) is 21.0. The van der Waals surface area contributed by atoms with Gasteiger partial charge in [-0.05, 0) is 47.9 Å². The molecule has 6 nitrogen and oxygen atoms in total. The van der Waals surface area contributed by atoms with Crippen molar-refractivity contribution in [3.63, 3.8) is 0 Å². The fourth-order valence-corrected chi connectivity index (χ4v) is 5.35. The molecular formula is C29H28N2O4S. The molecule has 0 atom stereocenters. The Hall–Kier alpha value is -3.94. The van der Waals surface area contributed by atoms with Crippen LogP contribution in [0.5, 0.6) is 5.75 Å². The number of ether oxygens (including phenoxy) is 1. The number of hydrogen-bond acceptors (Lipinski definition) is 4. The van der Waals surface area contributed by atoms with Crippen molar-refractivity contribution in [1.29, 1.82) is 0 Å². The second-order valence-corrected chi connectivity index (χ2v) is 10.3. The molecule has 0 saturated heterocycles. The number of sulfonamides is 1. The first kappa shape index (κ1) is 25.2. The van der Waals surface area contributed by atoms with Crippen LogP contribution in [0.2, 0.25) is 0 Å². The molecule has 0 aliphatic carbocycles. The van der Waals surface area contributed by atoms with Gasteiger partial charge in [-0.2, -0.15) is 4.31 Å². The maximum absolute atomic E-state index is 13.9. The number of anilines is 1. The lowest BCUT2D eigenvalue weighted by atomic mass is 10.1. The van der Waals surface area contributed by atoms with Crippen molar-refractivity contribution in [3.05, 3.63) is 125 Å². The van der Waals surface area contributed by atoms with Crippen LogP contribution >= 0.6 is 0 Å². The molecule has 0 heterocycles. The minimum atomic E-state index is -3.93. The second-order valence-electron chi connectivity index (χ2n) is 8.38. The van der Waals surface area contributed by atoms with Crippen LogP contribution in [0.3, 0.4) is 0 Å². The molecule has 0 spiro atoms. The molecule has 0 aliphatic heterocycles. The lowest BCUT2D eigenvalue weighted by Gasteiger charge is -2.23. The lowest BCUT2D eigenvalue weighted by Crippen LogP contribution is -2.30. The number of methoxy groups -OCH3 is 1. The molecule has 4 rings (SSSR count). The summed E-state index contributed by atoms with van der Waals surface area (Å²) in [4.78, 5) is 13.0. The van der Waals surface area contributed by atoms with Gasteiger partial charge in [0.2, 0.25) is 10.0 Å². The van der Waals surface area contributed by atoms with Crippen LogP contribution in [0.15, 0.2) is 108 Å². The summed E-state index contributed by atoms with van der Waals surface area (Å²) in [6.07, 6.45) is 0. The van der Waals surface area contributed by atoms with Crippen LogP contribution in [0, 0.1) is 6.92 Å². The first-order valence-corrected chi connectivity index (χ1v) is 13.0. The molecular weight excluding hydrogens is 472 g/mol. The third-order valence-electron chi connectivity index (χ3n) is 5.85. The lowest BCUT2D eigenvalue weighted by molar-refractivity contribution is 0.102. The van der Waals surface area contributed by atoms with Gasteiger partial charge in [0, 0.05) is 18.7 Å².